The molecule has 4 saturated carbocycles. The van der Waals surface area contributed by atoms with E-state index in [2.05, 4.69) is 18.4 Å². The Labute approximate surface area is 127 Å². The van der Waals surface area contributed by atoms with Gasteiger partial charge in [0.15, 0.2) is 0 Å². The molecule has 0 saturated heterocycles. The van der Waals surface area contributed by atoms with Gasteiger partial charge in [0, 0.05) is 6.04 Å². The molecule has 114 valence electrons. The molecule has 5 rings (SSSR count). The molecule has 1 aromatic carbocycles. The van der Waals surface area contributed by atoms with Crippen molar-refractivity contribution in [2.75, 3.05) is 7.05 Å². The molecule has 0 heterocycles. The Morgan fingerprint density at radius 3 is 2.14 bits per heavy atom. The molecule has 4 aliphatic rings. The van der Waals surface area contributed by atoms with Crippen molar-refractivity contribution in [2.24, 2.45) is 29.6 Å². The Balaban J connectivity index is 1.66. The molecule has 1 atom stereocenters. The van der Waals surface area contributed by atoms with Crippen LogP contribution < -0.4 is 5.32 Å². The van der Waals surface area contributed by atoms with Gasteiger partial charge in [-0.3, -0.25) is 0 Å². The van der Waals surface area contributed by atoms with Gasteiger partial charge in [0.2, 0.25) is 0 Å². The van der Waals surface area contributed by atoms with E-state index in [4.69, 9.17) is 0 Å². The van der Waals surface area contributed by atoms with Crippen LogP contribution in [-0.4, -0.2) is 7.05 Å². The van der Waals surface area contributed by atoms with E-state index in [1.807, 2.05) is 6.92 Å². The molecule has 4 bridgehead atoms. The maximum atomic E-state index is 13.8. The number of aryl methyl sites for hydroxylation is 1. The van der Waals surface area contributed by atoms with Crippen molar-refractivity contribution >= 4 is 0 Å². The van der Waals surface area contributed by atoms with Crippen molar-refractivity contribution in [3.05, 3.63) is 35.1 Å². The molecule has 0 amide bonds. The van der Waals surface area contributed by atoms with Gasteiger partial charge in [-0.25, -0.2) is 4.39 Å². The monoisotopic (exact) mass is 287 g/mol. The maximum absolute atomic E-state index is 13.8. The fourth-order valence-corrected chi connectivity index (χ4v) is 6.04. The summed E-state index contributed by atoms with van der Waals surface area (Å²) in [5, 5.41) is 3.53. The lowest BCUT2D eigenvalue weighted by Crippen LogP contribution is -2.49. The van der Waals surface area contributed by atoms with Crippen LogP contribution in [-0.2, 0) is 0 Å². The average molecular weight is 287 g/mol. The molecule has 0 aliphatic heterocycles. The first kappa shape index (κ1) is 13.8. The molecular weight excluding hydrogens is 261 g/mol. The van der Waals surface area contributed by atoms with E-state index in [0.29, 0.717) is 12.0 Å². The lowest BCUT2D eigenvalue weighted by molar-refractivity contribution is -0.0515. The Hall–Kier alpha value is -0.890. The van der Waals surface area contributed by atoms with Crippen LogP contribution in [0.1, 0.15) is 49.3 Å². The predicted molar refractivity (Wildman–Crippen MR) is 83.5 cm³/mol. The van der Waals surface area contributed by atoms with Gasteiger partial charge in [0.1, 0.15) is 5.82 Å². The highest BCUT2D eigenvalue weighted by Crippen LogP contribution is 2.59. The van der Waals surface area contributed by atoms with Crippen LogP contribution in [0.15, 0.2) is 18.2 Å². The molecule has 0 radical (unpaired) electrons. The van der Waals surface area contributed by atoms with E-state index in [0.717, 1.165) is 34.8 Å². The molecule has 1 unspecified atom stereocenters. The molecule has 4 fully saturated rings. The van der Waals surface area contributed by atoms with Crippen molar-refractivity contribution < 1.29 is 4.39 Å². The Morgan fingerprint density at radius 1 is 1.00 bits per heavy atom. The summed E-state index contributed by atoms with van der Waals surface area (Å²) in [5.41, 5.74) is 2.20. The van der Waals surface area contributed by atoms with Crippen molar-refractivity contribution in [1.82, 2.24) is 5.32 Å². The van der Waals surface area contributed by atoms with Gasteiger partial charge in [-0.05, 0) is 98.9 Å². The molecule has 0 spiro atoms. The van der Waals surface area contributed by atoms with E-state index in [9.17, 15) is 4.39 Å². The fraction of sp³-hybridized carbons (Fsp3) is 0.684. The lowest BCUT2D eigenvalue weighted by atomic mass is 9.50. The molecule has 1 nitrogen and oxygen atoms in total. The Kier molecular flexibility index (Phi) is 3.33. The molecule has 2 heteroatoms. The van der Waals surface area contributed by atoms with Gasteiger partial charge in [-0.2, -0.15) is 0 Å². The second-order valence-corrected chi connectivity index (χ2v) is 7.84. The zero-order valence-electron chi connectivity index (χ0n) is 13.1. The third kappa shape index (κ3) is 2.32. The van der Waals surface area contributed by atoms with Gasteiger partial charge in [-0.1, -0.05) is 6.07 Å². The quantitative estimate of drug-likeness (QED) is 0.865. The summed E-state index contributed by atoms with van der Waals surface area (Å²) in [6.45, 7) is 2.00. The second-order valence-electron chi connectivity index (χ2n) is 7.84. The predicted octanol–water partition coefficient (Wildman–Crippen LogP) is 4.47. The zero-order chi connectivity index (χ0) is 14.6. The largest absolute Gasteiger partial charge is 0.313 e. The summed E-state index contributed by atoms with van der Waals surface area (Å²) in [5.74, 6) is 4.34. The topological polar surface area (TPSA) is 12.0 Å². The van der Waals surface area contributed by atoms with Crippen molar-refractivity contribution in [1.29, 1.82) is 0 Å². The average Bonchev–Trinajstić information content (AvgIpc) is 2.40. The smallest absolute Gasteiger partial charge is 0.123 e. The van der Waals surface area contributed by atoms with Crippen LogP contribution in [0.2, 0.25) is 0 Å². The Morgan fingerprint density at radius 2 is 1.62 bits per heavy atom. The summed E-state index contributed by atoms with van der Waals surface area (Å²) >= 11 is 0. The van der Waals surface area contributed by atoms with Gasteiger partial charge in [0.25, 0.3) is 0 Å². The van der Waals surface area contributed by atoms with Crippen LogP contribution in [0.5, 0.6) is 0 Å². The lowest BCUT2D eigenvalue weighted by Gasteiger charge is -2.56. The van der Waals surface area contributed by atoms with E-state index >= 15 is 0 Å². The zero-order valence-corrected chi connectivity index (χ0v) is 13.1. The maximum Gasteiger partial charge on any atom is 0.123 e. The van der Waals surface area contributed by atoms with Crippen molar-refractivity contribution in [3.8, 4) is 0 Å². The van der Waals surface area contributed by atoms with E-state index in [-0.39, 0.29) is 5.82 Å². The first-order valence-corrected chi connectivity index (χ1v) is 8.58. The molecule has 1 aromatic rings. The summed E-state index contributed by atoms with van der Waals surface area (Å²) in [7, 11) is 2.05. The van der Waals surface area contributed by atoms with Crippen LogP contribution in [0.25, 0.3) is 0 Å². The minimum atomic E-state index is -0.0888. The van der Waals surface area contributed by atoms with Gasteiger partial charge in [0.05, 0.1) is 0 Å². The SMILES string of the molecule is CNC(c1cc(C)cc(F)c1)C1C2CC3CC(C2)CC1C3. The minimum absolute atomic E-state index is 0.0888. The van der Waals surface area contributed by atoms with E-state index in [1.165, 1.54) is 32.1 Å². The third-order valence-electron chi connectivity index (χ3n) is 6.42. The number of benzene rings is 1. The van der Waals surface area contributed by atoms with Gasteiger partial charge < -0.3 is 5.32 Å². The number of nitrogens with one attached hydrogen (secondary N) is 1. The highest BCUT2D eigenvalue weighted by atomic mass is 19.1. The second kappa shape index (κ2) is 5.08. The van der Waals surface area contributed by atoms with Crippen LogP contribution in [0.3, 0.4) is 0 Å². The molecule has 0 aromatic heterocycles. The Bertz CT molecular complexity index is 490. The first-order chi connectivity index (χ1) is 10.1. The molecule has 4 aliphatic carbocycles. The normalized spacial score (nSPS) is 38.7. The highest BCUT2D eigenvalue weighted by molar-refractivity contribution is 5.27. The number of rotatable bonds is 3. The summed E-state index contributed by atoms with van der Waals surface area (Å²) in [4.78, 5) is 0. The van der Waals surface area contributed by atoms with Crippen molar-refractivity contribution in [2.45, 2.75) is 45.1 Å². The molecular formula is C19H26FN. The summed E-state index contributed by atoms with van der Waals surface area (Å²) < 4.78 is 13.8. The van der Waals surface area contributed by atoms with Crippen LogP contribution in [0.4, 0.5) is 4.39 Å². The number of halogens is 1. The summed E-state index contributed by atoms with van der Waals surface area (Å²) in [6.07, 6.45) is 7.17. The van der Waals surface area contributed by atoms with E-state index < -0.39 is 0 Å². The highest BCUT2D eigenvalue weighted by Gasteiger charge is 2.50. The minimum Gasteiger partial charge on any atom is -0.313 e. The van der Waals surface area contributed by atoms with Crippen molar-refractivity contribution in [3.63, 3.8) is 0 Å². The van der Waals surface area contributed by atoms with Gasteiger partial charge in [-0.15, -0.1) is 0 Å². The van der Waals surface area contributed by atoms with E-state index in [1.54, 1.807) is 12.1 Å². The number of hydrogen-bond acceptors (Lipinski definition) is 1. The standard InChI is InChI=1S/C19H26FN/c1-11-3-16(10-17(20)4-11)19(21-2)18-14-6-12-5-13(8-14)9-15(18)7-12/h3-4,10,12-15,18-19,21H,5-9H2,1-2H3. The molecule has 21 heavy (non-hydrogen) atoms. The summed E-state index contributed by atoms with van der Waals surface area (Å²) in [6, 6.07) is 5.89. The van der Waals surface area contributed by atoms with Crippen LogP contribution >= 0.6 is 0 Å². The molecule has 1 N–H and O–H groups in total. The van der Waals surface area contributed by atoms with Crippen LogP contribution in [0, 0.1) is 42.3 Å². The van der Waals surface area contributed by atoms with Gasteiger partial charge >= 0.3 is 0 Å². The third-order valence-corrected chi connectivity index (χ3v) is 6.42. The fourth-order valence-electron chi connectivity index (χ4n) is 6.04. The first-order valence-electron chi connectivity index (χ1n) is 8.58. The number of hydrogen-bond donors (Lipinski definition) is 1.